The van der Waals surface area contributed by atoms with Gasteiger partial charge in [-0.15, -0.1) is 13.2 Å². The molecule has 1 aliphatic carbocycles. The first-order valence-corrected chi connectivity index (χ1v) is 9.77. The lowest BCUT2D eigenvalue weighted by Gasteiger charge is -2.31. The number of carbonyl (C=O) groups is 2. The van der Waals surface area contributed by atoms with Crippen molar-refractivity contribution in [2.75, 3.05) is 0 Å². The van der Waals surface area contributed by atoms with E-state index >= 15 is 0 Å². The second-order valence-corrected chi connectivity index (χ2v) is 7.47. The van der Waals surface area contributed by atoms with Gasteiger partial charge in [0.25, 0.3) is 0 Å². The molecule has 1 saturated carbocycles. The Morgan fingerprint density at radius 3 is 2.45 bits per heavy atom. The van der Waals surface area contributed by atoms with Crippen LogP contribution in [0.4, 0.5) is 13.2 Å². The van der Waals surface area contributed by atoms with Crippen molar-refractivity contribution >= 4 is 11.8 Å². The van der Waals surface area contributed by atoms with Crippen molar-refractivity contribution in [1.29, 1.82) is 0 Å². The fraction of sp³-hybridized carbons (Fsp3) is 0.400. The molecule has 4 rings (SSSR count). The minimum atomic E-state index is -4.77. The number of ether oxygens (including phenoxy) is 1. The lowest BCUT2D eigenvalue weighted by Crippen LogP contribution is -2.57. The van der Waals surface area contributed by atoms with E-state index < -0.39 is 18.6 Å². The number of benzene rings is 1. The van der Waals surface area contributed by atoms with E-state index in [0.717, 1.165) is 12.8 Å². The molecule has 1 aromatic heterocycles. The van der Waals surface area contributed by atoms with Gasteiger partial charge in [0.15, 0.2) is 5.82 Å². The Hall–Kier alpha value is -3.21. The van der Waals surface area contributed by atoms with E-state index in [1.165, 1.54) is 36.7 Å². The number of hydrogen-bond acceptors (Lipinski definition) is 6. The number of carbonyl (C=O) groups excluding carboxylic acids is 2. The van der Waals surface area contributed by atoms with E-state index in [0.29, 0.717) is 11.4 Å². The standard InChI is InChI=1S/C20H20F3N5O3/c21-20(22,23)31-13-6-4-12(5-7-13)16(11-2-3-11)28-19(30)14-10-15(29)27-18(26-14)17-24-8-1-9-25-17/h1,4-9,11,14,16,18,26H,2-3,10H2,(H,27,29)(H,28,30)/t14?,16-,18?/m1/s1. The Kier molecular flexibility index (Phi) is 5.77. The molecule has 31 heavy (non-hydrogen) atoms. The highest BCUT2D eigenvalue weighted by molar-refractivity contribution is 5.89. The van der Waals surface area contributed by atoms with E-state index in [2.05, 4.69) is 30.7 Å². The molecule has 1 saturated heterocycles. The van der Waals surface area contributed by atoms with Crippen LogP contribution in [0.15, 0.2) is 42.7 Å². The van der Waals surface area contributed by atoms with Crippen LogP contribution in [-0.4, -0.2) is 34.2 Å². The van der Waals surface area contributed by atoms with Crippen LogP contribution in [0, 0.1) is 5.92 Å². The van der Waals surface area contributed by atoms with Crippen molar-refractivity contribution in [2.24, 2.45) is 5.92 Å². The lowest BCUT2D eigenvalue weighted by atomic mass is 10.0. The van der Waals surface area contributed by atoms with Gasteiger partial charge in [-0.2, -0.15) is 0 Å². The van der Waals surface area contributed by atoms with Crippen molar-refractivity contribution in [3.8, 4) is 5.75 Å². The van der Waals surface area contributed by atoms with Gasteiger partial charge < -0.3 is 15.4 Å². The van der Waals surface area contributed by atoms with E-state index in [1.54, 1.807) is 6.07 Å². The second kappa shape index (κ2) is 8.50. The van der Waals surface area contributed by atoms with Gasteiger partial charge in [0.05, 0.1) is 18.5 Å². The average molecular weight is 435 g/mol. The smallest absolute Gasteiger partial charge is 0.406 e. The maximum Gasteiger partial charge on any atom is 0.573 e. The van der Waals surface area contributed by atoms with Crippen molar-refractivity contribution in [1.82, 2.24) is 25.9 Å². The molecular formula is C20H20F3N5O3. The van der Waals surface area contributed by atoms with Gasteiger partial charge in [-0.05, 0) is 42.5 Å². The van der Waals surface area contributed by atoms with Crippen LogP contribution in [0.3, 0.4) is 0 Å². The molecule has 1 aromatic carbocycles. The zero-order valence-corrected chi connectivity index (χ0v) is 16.2. The van der Waals surface area contributed by atoms with Crippen LogP contribution in [0.5, 0.6) is 5.75 Å². The summed E-state index contributed by atoms with van der Waals surface area (Å²) in [6.45, 7) is 0. The van der Waals surface area contributed by atoms with Crippen LogP contribution in [0.2, 0.25) is 0 Å². The first-order valence-electron chi connectivity index (χ1n) is 9.77. The number of nitrogens with one attached hydrogen (secondary N) is 3. The quantitative estimate of drug-likeness (QED) is 0.642. The normalized spacial score (nSPS) is 22.4. The summed E-state index contributed by atoms with van der Waals surface area (Å²) >= 11 is 0. The van der Waals surface area contributed by atoms with Gasteiger partial charge in [0.1, 0.15) is 11.9 Å². The number of aromatic nitrogens is 2. The number of alkyl halides is 3. The summed E-state index contributed by atoms with van der Waals surface area (Å²) in [7, 11) is 0. The Morgan fingerprint density at radius 2 is 1.84 bits per heavy atom. The summed E-state index contributed by atoms with van der Waals surface area (Å²) in [5.41, 5.74) is 0.675. The summed E-state index contributed by atoms with van der Waals surface area (Å²) < 4.78 is 41.0. The van der Waals surface area contributed by atoms with Gasteiger partial charge in [-0.3, -0.25) is 14.9 Å². The van der Waals surface area contributed by atoms with E-state index in [1.807, 2.05) is 0 Å². The molecule has 0 spiro atoms. The minimum Gasteiger partial charge on any atom is -0.406 e. The number of rotatable bonds is 6. The molecule has 0 bridgehead atoms. The highest BCUT2D eigenvalue weighted by atomic mass is 19.4. The maximum atomic E-state index is 12.9. The number of amides is 2. The third kappa shape index (κ3) is 5.48. The topological polar surface area (TPSA) is 105 Å². The van der Waals surface area contributed by atoms with E-state index in [4.69, 9.17) is 0 Å². The van der Waals surface area contributed by atoms with Gasteiger partial charge in [-0.1, -0.05) is 12.1 Å². The first kappa shape index (κ1) is 21.0. The SMILES string of the molecule is O=C1CC(C(=O)N[C@@H](c2ccc(OC(F)(F)F)cc2)C2CC2)NC(c2ncccn2)N1. The van der Waals surface area contributed by atoms with Crippen LogP contribution in [0.25, 0.3) is 0 Å². The Balaban J connectivity index is 1.44. The van der Waals surface area contributed by atoms with Crippen LogP contribution >= 0.6 is 0 Å². The van der Waals surface area contributed by atoms with Crippen molar-refractivity contribution in [2.45, 2.75) is 43.9 Å². The molecule has 3 atom stereocenters. The summed E-state index contributed by atoms with van der Waals surface area (Å²) in [5, 5.41) is 8.68. The fourth-order valence-corrected chi connectivity index (χ4v) is 3.51. The molecule has 2 heterocycles. The molecule has 0 radical (unpaired) electrons. The lowest BCUT2D eigenvalue weighted by molar-refractivity contribution is -0.274. The van der Waals surface area contributed by atoms with Crippen molar-refractivity contribution in [3.63, 3.8) is 0 Å². The van der Waals surface area contributed by atoms with Crippen molar-refractivity contribution in [3.05, 3.63) is 54.1 Å². The molecule has 2 fully saturated rings. The predicted octanol–water partition coefficient (Wildman–Crippen LogP) is 2.12. The highest BCUT2D eigenvalue weighted by Crippen LogP contribution is 2.41. The number of nitrogens with zero attached hydrogens (tertiary/aromatic N) is 2. The molecule has 3 N–H and O–H groups in total. The summed E-state index contributed by atoms with van der Waals surface area (Å²) in [6, 6.07) is 5.93. The second-order valence-electron chi connectivity index (χ2n) is 7.47. The summed E-state index contributed by atoms with van der Waals surface area (Å²) in [4.78, 5) is 33.2. The fourth-order valence-electron chi connectivity index (χ4n) is 3.51. The van der Waals surface area contributed by atoms with Gasteiger partial charge in [0.2, 0.25) is 11.8 Å². The summed E-state index contributed by atoms with van der Waals surface area (Å²) in [6.07, 6.45) is -0.653. The average Bonchev–Trinajstić information content (AvgIpc) is 3.57. The van der Waals surface area contributed by atoms with E-state index in [-0.39, 0.29) is 35.9 Å². The molecule has 2 aliphatic rings. The predicted molar refractivity (Wildman–Crippen MR) is 101 cm³/mol. The van der Waals surface area contributed by atoms with Gasteiger partial charge in [-0.25, -0.2) is 9.97 Å². The monoisotopic (exact) mass is 435 g/mol. The Labute approximate surface area is 175 Å². The zero-order chi connectivity index (χ0) is 22.0. The number of halogens is 3. The maximum absolute atomic E-state index is 12.9. The molecule has 1 aliphatic heterocycles. The van der Waals surface area contributed by atoms with Crippen LogP contribution in [0.1, 0.15) is 42.9 Å². The van der Waals surface area contributed by atoms with Crippen LogP contribution < -0.4 is 20.7 Å². The molecule has 164 valence electrons. The highest BCUT2D eigenvalue weighted by Gasteiger charge is 2.38. The molecule has 8 nitrogen and oxygen atoms in total. The third-order valence-corrected chi connectivity index (χ3v) is 5.09. The van der Waals surface area contributed by atoms with E-state index in [9.17, 15) is 22.8 Å². The largest absolute Gasteiger partial charge is 0.573 e. The Bertz CT molecular complexity index is 935. The van der Waals surface area contributed by atoms with Crippen LogP contribution in [-0.2, 0) is 9.59 Å². The van der Waals surface area contributed by atoms with Gasteiger partial charge in [0, 0.05) is 12.4 Å². The summed E-state index contributed by atoms with van der Waals surface area (Å²) in [5.74, 6) is -0.485. The number of hydrogen-bond donors (Lipinski definition) is 3. The zero-order valence-electron chi connectivity index (χ0n) is 16.2. The first-order chi connectivity index (χ1) is 14.8. The third-order valence-electron chi connectivity index (χ3n) is 5.09. The van der Waals surface area contributed by atoms with Gasteiger partial charge >= 0.3 is 6.36 Å². The molecule has 2 amide bonds. The van der Waals surface area contributed by atoms with Crippen molar-refractivity contribution < 1.29 is 27.5 Å². The molecule has 2 unspecified atom stereocenters. The minimum absolute atomic E-state index is 0.0507. The molecular weight excluding hydrogens is 415 g/mol. The Morgan fingerprint density at radius 1 is 1.16 bits per heavy atom. The molecule has 11 heteroatoms. The molecule has 2 aromatic rings.